The monoisotopic (exact) mass is 624 g/mol. The Bertz CT molecular complexity index is 1590. The summed E-state index contributed by atoms with van der Waals surface area (Å²) in [5, 5.41) is 19.3. The van der Waals surface area contributed by atoms with E-state index in [4.69, 9.17) is 5.73 Å². The number of rotatable bonds is 15. The minimum atomic E-state index is -1.24. The Labute approximate surface area is 258 Å². The average molecular weight is 625 g/mol. The Morgan fingerprint density at radius 3 is 1.88 bits per heavy atom. The van der Waals surface area contributed by atoms with Gasteiger partial charge in [0.15, 0.2) is 0 Å². The standard InChI is InChI=1S/C30H36N6O5S2/c1-43-11-10-24(34-27(37)21(31)12-17-14-32-22-8-4-2-6-19(17)22)28(38)35-25(29(39)36-26(16-42)30(40)41)13-18-15-33-23-9-5-3-7-20(18)23/h2-9,14-15,21,24-26,32-33,42H,10-13,16,31H2,1H3,(H,34,37)(H,35,38)(H,36,39)(H,40,41). The summed E-state index contributed by atoms with van der Waals surface area (Å²) in [5.41, 5.74) is 9.72. The number of thioether (sulfide) groups is 1. The first-order valence-corrected chi connectivity index (χ1v) is 15.8. The van der Waals surface area contributed by atoms with E-state index in [0.717, 1.165) is 32.9 Å². The summed E-state index contributed by atoms with van der Waals surface area (Å²) in [6.07, 6.45) is 6.10. The molecular weight excluding hydrogens is 589 g/mol. The van der Waals surface area contributed by atoms with Gasteiger partial charge in [-0.1, -0.05) is 36.4 Å². The Morgan fingerprint density at radius 2 is 1.33 bits per heavy atom. The van der Waals surface area contributed by atoms with Crippen LogP contribution in [0.25, 0.3) is 21.8 Å². The third-order valence-electron chi connectivity index (χ3n) is 7.22. The molecule has 0 radical (unpaired) electrons. The zero-order valence-corrected chi connectivity index (χ0v) is 25.3. The molecule has 228 valence electrons. The number of para-hydroxylation sites is 2. The van der Waals surface area contributed by atoms with Crippen LogP contribution in [0, 0.1) is 0 Å². The molecule has 4 atom stereocenters. The van der Waals surface area contributed by atoms with Gasteiger partial charge in [0.05, 0.1) is 6.04 Å². The van der Waals surface area contributed by atoms with Crippen molar-refractivity contribution in [3.8, 4) is 0 Å². The van der Waals surface area contributed by atoms with Gasteiger partial charge in [-0.15, -0.1) is 0 Å². The van der Waals surface area contributed by atoms with Crippen LogP contribution in [0.1, 0.15) is 17.5 Å². The van der Waals surface area contributed by atoms with Crippen molar-refractivity contribution in [1.82, 2.24) is 25.9 Å². The number of thiol groups is 1. The molecule has 0 aliphatic heterocycles. The molecule has 4 aromatic rings. The molecular formula is C30H36N6O5S2. The highest BCUT2D eigenvalue weighted by Crippen LogP contribution is 2.20. The van der Waals surface area contributed by atoms with E-state index in [-0.39, 0.29) is 18.6 Å². The summed E-state index contributed by atoms with van der Waals surface area (Å²) >= 11 is 5.54. The Kier molecular flexibility index (Phi) is 11.1. The summed E-state index contributed by atoms with van der Waals surface area (Å²) in [7, 11) is 0. The van der Waals surface area contributed by atoms with Crippen molar-refractivity contribution in [2.75, 3.05) is 17.8 Å². The summed E-state index contributed by atoms with van der Waals surface area (Å²) in [5.74, 6) is -2.54. The number of carbonyl (C=O) groups is 4. The minimum absolute atomic E-state index is 0.0871. The lowest BCUT2D eigenvalue weighted by molar-refractivity contribution is -0.141. The van der Waals surface area contributed by atoms with Gasteiger partial charge in [-0.05, 0) is 48.1 Å². The van der Waals surface area contributed by atoms with Crippen molar-refractivity contribution in [2.45, 2.75) is 43.4 Å². The van der Waals surface area contributed by atoms with Crippen molar-refractivity contribution >= 4 is 69.9 Å². The third kappa shape index (κ3) is 8.12. The summed E-state index contributed by atoms with van der Waals surface area (Å²) in [6, 6.07) is 11.0. The van der Waals surface area contributed by atoms with Crippen LogP contribution in [0.3, 0.4) is 0 Å². The molecule has 13 heteroatoms. The topological polar surface area (TPSA) is 182 Å². The van der Waals surface area contributed by atoms with Crippen LogP contribution in [0.5, 0.6) is 0 Å². The van der Waals surface area contributed by atoms with E-state index in [9.17, 15) is 24.3 Å². The lowest BCUT2D eigenvalue weighted by atomic mass is 10.0. The summed E-state index contributed by atoms with van der Waals surface area (Å²) in [6.45, 7) is 0. The van der Waals surface area contributed by atoms with Gasteiger partial charge < -0.3 is 36.8 Å². The Morgan fingerprint density at radius 1 is 0.814 bits per heavy atom. The molecule has 0 spiro atoms. The lowest BCUT2D eigenvalue weighted by Crippen LogP contribution is -2.58. The molecule has 0 bridgehead atoms. The van der Waals surface area contributed by atoms with E-state index in [1.54, 1.807) is 6.20 Å². The normalized spacial score (nSPS) is 14.1. The van der Waals surface area contributed by atoms with Gasteiger partial charge >= 0.3 is 5.97 Å². The second-order valence-electron chi connectivity index (χ2n) is 10.2. The molecule has 0 aliphatic rings. The number of carboxylic acids is 1. The molecule has 11 nitrogen and oxygen atoms in total. The number of H-pyrrole nitrogens is 2. The fraction of sp³-hybridized carbons (Fsp3) is 0.333. The second-order valence-corrected chi connectivity index (χ2v) is 11.6. The first-order chi connectivity index (χ1) is 20.7. The van der Waals surface area contributed by atoms with Crippen LogP contribution in [0.15, 0.2) is 60.9 Å². The van der Waals surface area contributed by atoms with Gasteiger partial charge in [0, 0.05) is 46.4 Å². The fourth-order valence-corrected chi connectivity index (χ4v) is 5.59. The Balaban J connectivity index is 1.50. The van der Waals surface area contributed by atoms with E-state index in [0.29, 0.717) is 12.2 Å². The van der Waals surface area contributed by atoms with E-state index in [2.05, 4.69) is 38.5 Å². The van der Waals surface area contributed by atoms with Crippen LogP contribution in [0.2, 0.25) is 0 Å². The highest BCUT2D eigenvalue weighted by molar-refractivity contribution is 7.98. The molecule has 8 N–H and O–H groups in total. The van der Waals surface area contributed by atoms with Crippen molar-refractivity contribution in [2.24, 2.45) is 5.73 Å². The molecule has 2 heterocycles. The van der Waals surface area contributed by atoms with Crippen molar-refractivity contribution in [3.05, 3.63) is 72.1 Å². The predicted molar refractivity (Wildman–Crippen MR) is 172 cm³/mol. The molecule has 0 aliphatic carbocycles. The predicted octanol–water partition coefficient (Wildman–Crippen LogP) is 1.98. The van der Waals surface area contributed by atoms with E-state index >= 15 is 0 Å². The lowest BCUT2D eigenvalue weighted by Gasteiger charge is -2.25. The van der Waals surface area contributed by atoms with E-state index in [1.165, 1.54) is 11.8 Å². The molecule has 3 amide bonds. The van der Waals surface area contributed by atoms with Gasteiger partial charge in [0.2, 0.25) is 17.7 Å². The first kappa shape index (κ1) is 32.0. The number of carboxylic acid groups (broad SMARTS) is 1. The number of aromatic nitrogens is 2. The minimum Gasteiger partial charge on any atom is -0.480 e. The first-order valence-electron chi connectivity index (χ1n) is 13.8. The smallest absolute Gasteiger partial charge is 0.327 e. The molecule has 0 saturated carbocycles. The molecule has 0 fully saturated rings. The number of hydrogen-bond donors (Lipinski definition) is 8. The quantitative estimate of drug-likeness (QED) is 0.0931. The van der Waals surface area contributed by atoms with Crippen LogP contribution in [-0.4, -0.2) is 80.7 Å². The highest BCUT2D eigenvalue weighted by atomic mass is 32.2. The molecule has 43 heavy (non-hydrogen) atoms. The van der Waals surface area contributed by atoms with E-state index in [1.807, 2.05) is 61.0 Å². The van der Waals surface area contributed by atoms with Crippen molar-refractivity contribution < 1.29 is 24.3 Å². The van der Waals surface area contributed by atoms with Crippen molar-refractivity contribution in [3.63, 3.8) is 0 Å². The number of nitrogens with two attached hydrogens (primary N) is 1. The zero-order chi connectivity index (χ0) is 30.9. The van der Waals surface area contributed by atoms with Gasteiger partial charge in [-0.2, -0.15) is 24.4 Å². The molecule has 2 aromatic carbocycles. The largest absolute Gasteiger partial charge is 0.480 e. The van der Waals surface area contributed by atoms with Crippen molar-refractivity contribution in [1.29, 1.82) is 0 Å². The number of benzene rings is 2. The number of aromatic amines is 2. The van der Waals surface area contributed by atoms with Gasteiger partial charge in [-0.25, -0.2) is 4.79 Å². The van der Waals surface area contributed by atoms with Crippen LogP contribution in [-0.2, 0) is 32.0 Å². The maximum atomic E-state index is 13.6. The van der Waals surface area contributed by atoms with Gasteiger partial charge in [-0.3, -0.25) is 14.4 Å². The maximum Gasteiger partial charge on any atom is 0.327 e. The molecule has 4 unspecified atom stereocenters. The number of hydrogen-bond acceptors (Lipinski definition) is 7. The highest BCUT2D eigenvalue weighted by Gasteiger charge is 2.31. The zero-order valence-electron chi connectivity index (χ0n) is 23.6. The van der Waals surface area contributed by atoms with E-state index < -0.39 is 47.9 Å². The third-order valence-corrected chi connectivity index (χ3v) is 8.23. The average Bonchev–Trinajstić information content (AvgIpc) is 3.61. The number of fused-ring (bicyclic) bond motifs is 2. The van der Waals surface area contributed by atoms with Gasteiger partial charge in [0.25, 0.3) is 0 Å². The maximum absolute atomic E-state index is 13.6. The summed E-state index contributed by atoms with van der Waals surface area (Å²) < 4.78 is 0. The Hall–Kier alpha value is -3.94. The van der Waals surface area contributed by atoms with Crippen LogP contribution >= 0.6 is 24.4 Å². The fourth-order valence-electron chi connectivity index (χ4n) is 4.87. The summed E-state index contributed by atoms with van der Waals surface area (Å²) in [4.78, 5) is 58.0. The number of aliphatic carboxylic acids is 1. The number of amides is 3. The molecule has 4 rings (SSSR count). The SMILES string of the molecule is CSCCC(NC(=O)C(N)Cc1c[nH]c2ccccc12)C(=O)NC(Cc1c[nH]c2ccccc12)C(=O)NC(CS)C(=O)O. The van der Waals surface area contributed by atoms with Crippen LogP contribution in [0.4, 0.5) is 0 Å². The van der Waals surface area contributed by atoms with Gasteiger partial charge in [0.1, 0.15) is 18.1 Å². The molecule has 2 aromatic heterocycles. The van der Waals surface area contributed by atoms with Crippen LogP contribution < -0.4 is 21.7 Å². The second kappa shape index (κ2) is 15.0. The molecule has 0 saturated heterocycles. The number of nitrogens with one attached hydrogen (secondary N) is 5. The number of carbonyl (C=O) groups excluding carboxylic acids is 3.